The molecule has 2 amide bonds. The number of ether oxygens (including phenoxy) is 1. The lowest BCUT2D eigenvalue weighted by Crippen LogP contribution is -2.41. The van der Waals surface area contributed by atoms with Crippen molar-refractivity contribution in [1.82, 2.24) is 15.2 Å². The molecule has 7 heteroatoms. The maximum atomic E-state index is 12.4. The summed E-state index contributed by atoms with van der Waals surface area (Å²) in [4.78, 5) is 30.6. The van der Waals surface area contributed by atoms with Crippen molar-refractivity contribution in [2.45, 2.75) is 6.54 Å². The predicted octanol–water partition coefficient (Wildman–Crippen LogP) is 2.14. The van der Waals surface area contributed by atoms with Crippen molar-refractivity contribution in [3.63, 3.8) is 0 Å². The van der Waals surface area contributed by atoms with Crippen LogP contribution >= 0.6 is 11.6 Å². The van der Waals surface area contributed by atoms with Crippen molar-refractivity contribution in [3.8, 4) is 0 Å². The van der Waals surface area contributed by atoms with E-state index in [0.29, 0.717) is 43.4 Å². The Morgan fingerprint density at radius 2 is 1.88 bits per heavy atom. The van der Waals surface area contributed by atoms with Gasteiger partial charge in [-0.3, -0.25) is 14.6 Å². The van der Waals surface area contributed by atoms with Gasteiger partial charge >= 0.3 is 0 Å². The van der Waals surface area contributed by atoms with E-state index in [-0.39, 0.29) is 17.5 Å². The fourth-order valence-electron chi connectivity index (χ4n) is 2.50. The van der Waals surface area contributed by atoms with Gasteiger partial charge in [-0.05, 0) is 29.8 Å². The number of carbonyl (C=O) groups excluding carboxylic acids is 2. The van der Waals surface area contributed by atoms with Gasteiger partial charge < -0.3 is 15.0 Å². The van der Waals surface area contributed by atoms with Crippen LogP contribution in [0.3, 0.4) is 0 Å². The zero-order valence-corrected chi connectivity index (χ0v) is 14.3. The van der Waals surface area contributed by atoms with E-state index in [1.807, 2.05) is 12.1 Å². The normalized spacial score (nSPS) is 14.2. The van der Waals surface area contributed by atoms with E-state index in [2.05, 4.69) is 10.3 Å². The third-order valence-corrected chi connectivity index (χ3v) is 4.16. The summed E-state index contributed by atoms with van der Waals surface area (Å²) in [6, 6.07) is 10.4. The number of pyridine rings is 1. The summed E-state index contributed by atoms with van der Waals surface area (Å²) < 4.78 is 5.24. The third-order valence-electron chi connectivity index (χ3n) is 3.91. The molecule has 1 N–H and O–H groups in total. The Bertz CT molecular complexity index is 758. The molecule has 0 bridgehead atoms. The lowest BCUT2D eigenvalue weighted by atomic mass is 10.2. The molecule has 0 saturated carbocycles. The molecule has 1 aliphatic rings. The first kappa shape index (κ1) is 17.4. The van der Waals surface area contributed by atoms with Gasteiger partial charge in [-0.2, -0.15) is 0 Å². The molecule has 2 aromatic rings. The number of carbonyl (C=O) groups is 2. The fourth-order valence-corrected chi connectivity index (χ4v) is 2.63. The van der Waals surface area contributed by atoms with Crippen molar-refractivity contribution in [1.29, 1.82) is 0 Å². The van der Waals surface area contributed by atoms with Gasteiger partial charge in [0.25, 0.3) is 11.8 Å². The molecule has 0 atom stereocenters. The molecule has 0 radical (unpaired) electrons. The number of amides is 2. The van der Waals surface area contributed by atoms with E-state index < -0.39 is 0 Å². The number of halogens is 1. The minimum atomic E-state index is -0.256. The second-order valence-corrected chi connectivity index (χ2v) is 6.08. The fraction of sp³-hybridized carbons (Fsp3) is 0.278. The standard InChI is InChI=1S/C18H18ClN3O3/c19-15-3-1-13(2-4-15)12-21-17(23)14-5-6-20-16(11-14)18(24)22-7-9-25-10-8-22/h1-6,11H,7-10,12H2,(H,21,23). The molecule has 0 unspecified atom stereocenters. The van der Waals surface area contributed by atoms with E-state index in [1.165, 1.54) is 12.3 Å². The van der Waals surface area contributed by atoms with Crippen molar-refractivity contribution >= 4 is 23.4 Å². The second kappa shape index (κ2) is 8.09. The first-order valence-electron chi connectivity index (χ1n) is 7.99. The summed E-state index contributed by atoms with van der Waals surface area (Å²) in [5.74, 6) is -0.441. The van der Waals surface area contributed by atoms with Crippen LogP contribution < -0.4 is 5.32 Å². The number of rotatable bonds is 4. The van der Waals surface area contributed by atoms with Gasteiger partial charge in [-0.15, -0.1) is 0 Å². The van der Waals surface area contributed by atoms with E-state index in [9.17, 15) is 9.59 Å². The number of benzene rings is 1. The Labute approximate surface area is 150 Å². The minimum Gasteiger partial charge on any atom is -0.378 e. The number of nitrogens with zero attached hydrogens (tertiary/aromatic N) is 2. The van der Waals surface area contributed by atoms with E-state index in [0.717, 1.165) is 5.56 Å². The summed E-state index contributed by atoms with van der Waals surface area (Å²) in [6.07, 6.45) is 1.48. The average Bonchev–Trinajstić information content (AvgIpc) is 2.67. The SMILES string of the molecule is O=C(NCc1ccc(Cl)cc1)c1ccnc(C(=O)N2CCOCC2)c1. The molecular weight excluding hydrogens is 342 g/mol. The van der Waals surface area contributed by atoms with Crippen LogP contribution in [0.25, 0.3) is 0 Å². The van der Waals surface area contributed by atoms with Crippen molar-refractivity contribution in [3.05, 3.63) is 64.4 Å². The van der Waals surface area contributed by atoms with Gasteiger partial charge in [-0.1, -0.05) is 23.7 Å². The summed E-state index contributed by atoms with van der Waals surface area (Å²) in [5.41, 5.74) is 1.61. The summed E-state index contributed by atoms with van der Waals surface area (Å²) in [7, 11) is 0. The van der Waals surface area contributed by atoms with Crippen molar-refractivity contribution in [2.24, 2.45) is 0 Å². The van der Waals surface area contributed by atoms with Crippen LogP contribution in [-0.2, 0) is 11.3 Å². The highest BCUT2D eigenvalue weighted by atomic mass is 35.5. The van der Waals surface area contributed by atoms with Gasteiger partial charge in [0.05, 0.1) is 13.2 Å². The number of hydrogen-bond acceptors (Lipinski definition) is 4. The van der Waals surface area contributed by atoms with Gasteiger partial charge in [-0.25, -0.2) is 0 Å². The number of aromatic nitrogens is 1. The van der Waals surface area contributed by atoms with Crippen LogP contribution in [0.4, 0.5) is 0 Å². The third kappa shape index (κ3) is 4.55. The van der Waals surface area contributed by atoms with Gasteiger partial charge in [0, 0.05) is 36.4 Å². The molecule has 130 valence electrons. The van der Waals surface area contributed by atoms with Crippen molar-refractivity contribution < 1.29 is 14.3 Å². The highest BCUT2D eigenvalue weighted by molar-refractivity contribution is 6.30. The number of nitrogens with one attached hydrogen (secondary N) is 1. The van der Waals surface area contributed by atoms with Gasteiger partial charge in [0.15, 0.2) is 0 Å². The average molecular weight is 360 g/mol. The molecule has 6 nitrogen and oxygen atoms in total. The smallest absolute Gasteiger partial charge is 0.272 e. The molecular formula is C18H18ClN3O3. The van der Waals surface area contributed by atoms with Crippen molar-refractivity contribution in [2.75, 3.05) is 26.3 Å². The molecule has 1 aromatic carbocycles. The van der Waals surface area contributed by atoms with Gasteiger partial charge in [0.2, 0.25) is 0 Å². The minimum absolute atomic E-state index is 0.185. The van der Waals surface area contributed by atoms with E-state index >= 15 is 0 Å². The molecule has 1 saturated heterocycles. The Kier molecular flexibility index (Phi) is 5.63. The largest absolute Gasteiger partial charge is 0.378 e. The Hall–Kier alpha value is -2.44. The van der Waals surface area contributed by atoms with Crippen LogP contribution in [0, 0.1) is 0 Å². The molecule has 0 spiro atoms. The van der Waals surface area contributed by atoms with Crippen LogP contribution in [-0.4, -0.2) is 48.0 Å². The summed E-state index contributed by atoms with van der Waals surface area (Å²) >= 11 is 5.84. The topological polar surface area (TPSA) is 71.5 Å². The highest BCUT2D eigenvalue weighted by Crippen LogP contribution is 2.10. The molecule has 1 aromatic heterocycles. The van der Waals surface area contributed by atoms with E-state index in [4.69, 9.17) is 16.3 Å². The van der Waals surface area contributed by atoms with E-state index in [1.54, 1.807) is 23.1 Å². The molecule has 25 heavy (non-hydrogen) atoms. The Morgan fingerprint density at radius 3 is 2.60 bits per heavy atom. The van der Waals surface area contributed by atoms with Crippen LogP contribution in [0.1, 0.15) is 26.4 Å². The van der Waals surface area contributed by atoms with Crippen LogP contribution in [0.15, 0.2) is 42.6 Å². The molecule has 1 aliphatic heterocycles. The zero-order chi connectivity index (χ0) is 17.6. The lowest BCUT2D eigenvalue weighted by molar-refractivity contribution is 0.0299. The monoisotopic (exact) mass is 359 g/mol. The second-order valence-electron chi connectivity index (χ2n) is 5.64. The summed E-state index contributed by atoms with van der Waals surface area (Å²) in [5, 5.41) is 3.47. The maximum Gasteiger partial charge on any atom is 0.272 e. The van der Waals surface area contributed by atoms with Crippen LogP contribution in [0.2, 0.25) is 5.02 Å². The number of hydrogen-bond donors (Lipinski definition) is 1. The van der Waals surface area contributed by atoms with Crippen LogP contribution in [0.5, 0.6) is 0 Å². The summed E-state index contributed by atoms with van der Waals surface area (Å²) in [6.45, 7) is 2.49. The number of morpholine rings is 1. The Balaban J connectivity index is 1.64. The molecule has 0 aliphatic carbocycles. The molecule has 1 fully saturated rings. The highest BCUT2D eigenvalue weighted by Gasteiger charge is 2.20. The predicted molar refractivity (Wildman–Crippen MR) is 93.6 cm³/mol. The first-order chi connectivity index (χ1) is 12.1. The quantitative estimate of drug-likeness (QED) is 0.907. The van der Waals surface area contributed by atoms with Gasteiger partial charge in [0.1, 0.15) is 5.69 Å². The zero-order valence-electron chi connectivity index (χ0n) is 13.6. The lowest BCUT2D eigenvalue weighted by Gasteiger charge is -2.26. The molecule has 2 heterocycles. The molecule has 3 rings (SSSR count). The Morgan fingerprint density at radius 1 is 1.16 bits per heavy atom. The maximum absolute atomic E-state index is 12.4. The first-order valence-corrected chi connectivity index (χ1v) is 8.37.